The number of anilines is 2. The first kappa shape index (κ1) is 20.0. The molecule has 3 aromatic rings. The zero-order valence-corrected chi connectivity index (χ0v) is 17.7. The summed E-state index contributed by atoms with van der Waals surface area (Å²) in [4.78, 5) is 16.5. The number of benzene rings is 3. The Labute approximate surface area is 183 Å². The number of hydrogen-bond donors (Lipinski definition) is 1. The Morgan fingerprint density at radius 2 is 1.38 bits per heavy atom. The molecule has 0 radical (unpaired) electrons. The lowest BCUT2D eigenvalue weighted by Gasteiger charge is -2.36. The molecule has 3 aromatic carbocycles. The smallest absolute Gasteiger partial charge is 0.332 e. The van der Waals surface area contributed by atoms with Crippen molar-refractivity contribution in [3.8, 4) is 0 Å². The van der Waals surface area contributed by atoms with Crippen molar-refractivity contribution < 1.29 is 9.90 Å². The molecule has 2 atom stereocenters. The first-order valence-electron chi connectivity index (χ1n) is 8.91. The number of hydrogen-bond acceptors (Lipinski definition) is 2. The van der Waals surface area contributed by atoms with Crippen LogP contribution in [0.25, 0.3) is 0 Å². The second-order valence-electron chi connectivity index (χ2n) is 6.97. The molecule has 2 amide bonds. The fourth-order valence-corrected chi connectivity index (χ4v) is 4.12. The van der Waals surface area contributed by atoms with Crippen LogP contribution in [0.3, 0.4) is 0 Å². The van der Waals surface area contributed by atoms with Gasteiger partial charge in [-0.25, -0.2) is 4.79 Å². The molecule has 1 N–H and O–H groups in total. The van der Waals surface area contributed by atoms with E-state index in [1.165, 1.54) is 4.90 Å². The number of carbonyl (C=O) groups is 1. The minimum atomic E-state index is -1.18. The van der Waals surface area contributed by atoms with Gasteiger partial charge in [0.15, 0.2) is 6.23 Å². The monoisotopic (exact) mass is 446 g/mol. The molecule has 1 aliphatic heterocycles. The number of urea groups is 1. The van der Waals surface area contributed by atoms with Crippen LogP contribution < -0.4 is 9.80 Å². The minimum Gasteiger partial charge on any atom is -0.370 e. The lowest BCUT2D eigenvalue weighted by atomic mass is 9.89. The Morgan fingerprint density at radius 3 is 1.93 bits per heavy atom. The highest BCUT2D eigenvalue weighted by Gasteiger charge is 2.56. The van der Waals surface area contributed by atoms with Gasteiger partial charge in [0.05, 0.1) is 0 Å². The summed E-state index contributed by atoms with van der Waals surface area (Å²) >= 11 is 18.3. The Hall–Kier alpha value is -2.24. The SMILES string of the molecule is CC1(c2cccc(Cl)c2)C(O)N(c2ccc(Cl)cc2)C(=O)N1c1ccc(Cl)cc1. The third kappa shape index (κ3) is 3.36. The number of aliphatic hydroxyl groups excluding tert-OH is 1. The van der Waals surface area contributed by atoms with Crippen molar-refractivity contribution in [2.45, 2.75) is 18.7 Å². The maximum atomic E-state index is 13.6. The first-order valence-corrected chi connectivity index (χ1v) is 10.0. The van der Waals surface area contributed by atoms with E-state index in [1.54, 1.807) is 71.6 Å². The number of amides is 2. The van der Waals surface area contributed by atoms with Crippen LogP contribution in [0.1, 0.15) is 12.5 Å². The zero-order chi connectivity index (χ0) is 20.8. The van der Waals surface area contributed by atoms with Crippen LogP contribution in [-0.4, -0.2) is 17.4 Å². The Balaban J connectivity index is 1.90. The number of nitrogens with zero attached hydrogens (tertiary/aromatic N) is 2. The summed E-state index contributed by atoms with van der Waals surface area (Å²) in [5, 5.41) is 13.0. The topological polar surface area (TPSA) is 43.8 Å². The minimum absolute atomic E-state index is 0.371. The molecular weight excluding hydrogens is 431 g/mol. The number of halogens is 3. The van der Waals surface area contributed by atoms with Gasteiger partial charge in [0.1, 0.15) is 5.54 Å². The van der Waals surface area contributed by atoms with Gasteiger partial charge in [0, 0.05) is 26.4 Å². The Kier molecular flexibility index (Phi) is 5.21. The van der Waals surface area contributed by atoms with E-state index in [2.05, 4.69) is 0 Å². The number of aliphatic hydroxyl groups is 1. The largest absolute Gasteiger partial charge is 0.370 e. The second-order valence-corrected chi connectivity index (χ2v) is 8.28. The van der Waals surface area contributed by atoms with Crippen LogP contribution in [-0.2, 0) is 5.54 Å². The number of rotatable bonds is 3. The van der Waals surface area contributed by atoms with Crippen molar-refractivity contribution in [1.82, 2.24) is 0 Å². The van der Waals surface area contributed by atoms with E-state index in [0.717, 1.165) is 0 Å². The van der Waals surface area contributed by atoms with E-state index < -0.39 is 11.8 Å². The summed E-state index contributed by atoms with van der Waals surface area (Å²) < 4.78 is 0. The van der Waals surface area contributed by atoms with Gasteiger partial charge in [-0.05, 0) is 73.2 Å². The maximum Gasteiger partial charge on any atom is 0.332 e. The molecular formula is C22H17Cl3N2O2. The van der Waals surface area contributed by atoms with Crippen LogP contribution in [0, 0.1) is 0 Å². The van der Waals surface area contributed by atoms with Crippen LogP contribution >= 0.6 is 34.8 Å². The maximum absolute atomic E-state index is 13.6. The third-order valence-corrected chi connectivity index (χ3v) is 5.95. The van der Waals surface area contributed by atoms with E-state index in [9.17, 15) is 9.90 Å². The van der Waals surface area contributed by atoms with Gasteiger partial charge in [-0.3, -0.25) is 9.80 Å². The molecule has 4 nitrogen and oxygen atoms in total. The average Bonchev–Trinajstić information content (AvgIpc) is 2.90. The van der Waals surface area contributed by atoms with Gasteiger partial charge in [0.25, 0.3) is 0 Å². The van der Waals surface area contributed by atoms with Crippen molar-refractivity contribution in [2.75, 3.05) is 9.80 Å². The molecule has 0 aromatic heterocycles. The molecule has 1 heterocycles. The summed E-state index contributed by atoms with van der Waals surface area (Å²) in [6.07, 6.45) is -1.18. The van der Waals surface area contributed by atoms with Crippen molar-refractivity contribution in [3.05, 3.63) is 93.4 Å². The summed E-state index contributed by atoms with van der Waals surface area (Å²) in [5.41, 5.74) is 0.751. The summed E-state index contributed by atoms with van der Waals surface area (Å²) in [7, 11) is 0. The Bertz CT molecular complexity index is 1060. The van der Waals surface area contributed by atoms with E-state index in [0.29, 0.717) is 32.0 Å². The van der Waals surface area contributed by atoms with E-state index in [-0.39, 0.29) is 6.03 Å². The predicted molar refractivity (Wildman–Crippen MR) is 118 cm³/mol. The highest BCUT2D eigenvalue weighted by Crippen LogP contribution is 2.45. The quantitative estimate of drug-likeness (QED) is 0.510. The fourth-order valence-electron chi connectivity index (χ4n) is 3.68. The van der Waals surface area contributed by atoms with Gasteiger partial charge in [-0.15, -0.1) is 0 Å². The molecule has 2 unspecified atom stereocenters. The van der Waals surface area contributed by atoms with Gasteiger partial charge in [0.2, 0.25) is 0 Å². The van der Waals surface area contributed by atoms with E-state index in [4.69, 9.17) is 34.8 Å². The molecule has 1 saturated heterocycles. The highest BCUT2D eigenvalue weighted by molar-refractivity contribution is 6.31. The molecule has 29 heavy (non-hydrogen) atoms. The first-order chi connectivity index (χ1) is 13.8. The predicted octanol–water partition coefficient (Wildman–Crippen LogP) is 6.33. The summed E-state index contributed by atoms with van der Waals surface area (Å²) in [5.74, 6) is 0. The van der Waals surface area contributed by atoms with Crippen molar-refractivity contribution in [1.29, 1.82) is 0 Å². The molecule has 148 valence electrons. The van der Waals surface area contributed by atoms with Crippen molar-refractivity contribution in [2.24, 2.45) is 0 Å². The van der Waals surface area contributed by atoms with Gasteiger partial charge >= 0.3 is 6.03 Å². The molecule has 0 spiro atoms. The summed E-state index contributed by atoms with van der Waals surface area (Å²) in [6.45, 7) is 1.81. The molecule has 7 heteroatoms. The molecule has 0 saturated carbocycles. The molecule has 4 rings (SSSR count). The summed E-state index contributed by atoms with van der Waals surface area (Å²) in [6, 6.07) is 20.5. The normalized spacial score (nSPS) is 21.7. The van der Waals surface area contributed by atoms with E-state index >= 15 is 0 Å². The third-order valence-electron chi connectivity index (χ3n) is 5.21. The van der Waals surface area contributed by atoms with Crippen LogP contribution in [0.4, 0.5) is 16.2 Å². The van der Waals surface area contributed by atoms with Crippen molar-refractivity contribution >= 4 is 52.2 Å². The van der Waals surface area contributed by atoms with Gasteiger partial charge in [-0.1, -0.05) is 46.9 Å². The number of carbonyl (C=O) groups excluding carboxylic acids is 1. The van der Waals surface area contributed by atoms with Crippen LogP contribution in [0.2, 0.25) is 15.1 Å². The van der Waals surface area contributed by atoms with Crippen molar-refractivity contribution in [3.63, 3.8) is 0 Å². The van der Waals surface area contributed by atoms with E-state index in [1.807, 2.05) is 13.0 Å². The Morgan fingerprint density at radius 1 is 0.828 bits per heavy atom. The lowest BCUT2D eigenvalue weighted by Crippen LogP contribution is -2.47. The van der Waals surface area contributed by atoms with Gasteiger partial charge in [-0.2, -0.15) is 0 Å². The molecule has 0 aliphatic carbocycles. The highest BCUT2D eigenvalue weighted by atomic mass is 35.5. The molecule has 0 bridgehead atoms. The lowest BCUT2D eigenvalue weighted by molar-refractivity contribution is 0.119. The standard InChI is InChI=1S/C22H17Cl3N2O2/c1-22(14-3-2-4-17(25)13-14)20(28)26(18-9-5-15(23)6-10-18)21(29)27(22)19-11-7-16(24)8-12-19/h2-13,20,28H,1H3. The second kappa shape index (κ2) is 7.54. The zero-order valence-electron chi connectivity index (χ0n) is 15.4. The fraction of sp³-hybridized carbons (Fsp3) is 0.136. The van der Waals surface area contributed by atoms with Crippen LogP contribution in [0.15, 0.2) is 72.8 Å². The average molecular weight is 448 g/mol. The molecule has 1 fully saturated rings. The van der Waals surface area contributed by atoms with Gasteiger partial charge < -0.3 is 5.11 Å². The molecule has 1 aliphatic rings. The van der Waals surface area contributed by atoms with Crippen LogP contribution in [0.5, 0.6) is 0 Å².